The minimum atomic E-state index is -3.07. The van der Waals surface area contributed by atoms with Gasteiger partial charge in [0.2, 0.25) is 10.0 Å². The van der Waals surface area contributed by atoms with E-state index in [0.29, 0.717) is 19.1 Å². The average Bonchev–Trinajstić information content (AvgIpc) is 2.41. The Morgan fingerprint density at radius 3 is 2.40 bits per heavy atom. The molecule has 0 fully saturated rings. The SMILES string of the molecule is CCC(C)NC(=NC)NCCCN(C)S(=O)(=O)CC.I. The number of nitrogens with one attached hydrogen (secondary N) is 2. The van der Waals surface area contributed by atoms with Crippen molar-refractivity contribution in [2.24, 2.45) is 4.99 Å². The number of halogens is 1. The van der Waals surface area contributed by atoms with E-state index in [1.165, 1.54) is 4.31 Å². The van der Waals surface area contributed by atoms with Gasteiger partial charge < -0.3 is 10.6 Å². The Bertz CT molecular complexity index is 374. The molecule has 122 valence electrons. The molecule has 6 nitrogen and oxygen atoms in total. The van der Waals surface area contributed by atoms with E-state index in [2.05, 4.69) is 29.5 Å². The van der Waals surface area contributed by atoms with Gasteiger partial charge in [-0.3, -0.25) is 4.99 Å². The van der Waals surface area contributed by atoms with Gasteiger partial charge in [-0.2, -0.15) is 0 Å². The molecule has 0 aromatic heterocycles. The van der Waals surface area contributed by atoms with Crippen LogP contribution in [0.15, 0.2) is 4.99 Å². The van der Waals surface area contributed by atoms with E-state index in [0.717, 1.165) is 18.8 Å². The lowest BCUT2D eigenvalue weighted by atomic mass is 10.3. The summed E-state index contributed by atoms with van der Waals surface area (Å²) < 4.78 is 24.5. The maximum atomic E-state index is 11.5. The first-order valence-corrected chi connectivity index (χ1v) is 8.39. The van der Waals surface area contributed by atoms with Crippen molar-refractivity contribution in [3.8, 4) is 0 Å². The van der Waals surface area contributed by atoms with Crippen LogP contribution in [-0.4, -0.2) is 57.7 Å². The summed E-state index contributed by atoms with van der Waals surface area (Å²) in [7, 11) is 0.276. The normalized spacial score (nSPS) is 13.8. The molecular formula is C12H29IN4O2S. The predicted octanol–water partition coefficient (Wildman–Crippen LogP) is 1.24. The summed E-state index contributed by atoms with van der Waals surface area (Å²) in [5, 5.41) is 6.43. The number of sulfonamides is 1. The lowest BCUT2D eigenvalue weighted by Crippen LogP contribution is -2.42. The van der Waals surface area contributed by atoms with E-state index in [4.69, 9.17) is 0 Å². The van der Waals surface area contributed by atoms with Gasteiger partial charge in [0, 0.05) is 33.2 Å². The van der Waals surface area contributed by atoms with Crippen molar-refractivity contribution in [2.75, 3.05) is 32.9 Å². The molecule has 0 aromatic rings. The molecule has 0 aliphatic heterocycles. The van der Waals surface area contributed by atoms with E-state index in [1.54, 1.807) is 21.0 Å². The molecule has 0 rings (SSSR count). The molecule has 0 amide bonds. The first kappa shape index (κ1) is 22.2. The minimum absolute atomic E-state index is 0. The molecule has 0 spiro atoms. The van der Waals surface area contributed by atoms with Crippen LogP contribution in [0.3, 0.4) is 0 Å². The monoisotopic (exact) mass is 420 g/mol. The molecule has 8 heteroatoms. The van der Waals surface area contributed by atoms with E-state index in [9.17, 15) is 8.42 Å². The lowest BCUT2D eigenvalue weighted by Gasteiger charge is -2.18. The second kappa shape index (κ2) is 11.6. The molecule has 0 aliphatic carbocycles. The fraction of sp³-hybridized carbons (Fsp3) is 0.917. The van der Waals surface area contributed by atoms with Crippen molar-refractivity contribution < 1.29 is 8.42 Å². The molecule has 1 unspecified atom stereocenters. The van der Waals surface area contributed by atoms with Gasteiger partial charge in [0.15, 0.2) is 5.96 Å². The van der Waals surface area contributed by atoms with Crippen LogP contribution in [0.5, 0.6) is 0 Å². The smallest absolute Gasteiger partial charge is 0.213 e. The van der Waals surface area contributed by atoms with Crippen LogP contribution in [0.4, 0.5) is 0 Å². The molecule has 20 heavy (non-hydrogen) atoms. The molecular weight excluding hydrogens is 391 g/mol. The van der Waals surface area contributed by atoms with Gasteiger partial charge in [-0.15, -0.1) is 24.0 Å². The first-order chi connectivity index (χ1) is 8.87. The summed E-state index contributed by atoms with van der Waals surface area (Å²) in [4.78, 5) is 4.12. The zero-order valence-electron chi connectivity index (χ0n) is 13.1. The van der Waals surface area contributed by atoms with Crippen molar-refractivity contribution in [1.82, 2.24) is 14.9 Å². The van der Waals surface area contributed by atoms with Gasteiger partial charge in [-0.05, 0) is 26.7 Å². The summed E-state index contributed by atoms with van der Waals surface area (Å²) in [6.45, 7) is 7.06. The molecule has 2 N–H and O–H groups in total. The van der Waals surface area contributed by atoms with E-state index in [1.807, 2.05) is 0 Å². The van der Waals surface area contributed by atoms with Crippen LogP contribution in [0.1, 0.15) is 33.6 Å². The summed E-state index contributed by atoms with van der Waals surface area (Å²) >= 11 is 0. The summed E-state index contributed by atoms with van der Waals surface area (Å²) in [6.07, 6.45) is 1.77. The van der Waals surface area contributed by atoms with Crippen LogP contribution in [0, 0.1) is 0 Å². The number of hydrogen-bond acceptors (Lipinski definition) is 3. The highest BCUT2D eigenvalue weighted by Gasteiger charge is 2.13. The number of nitrogens with zero attached hydrogens (tertiary/aromatic N) is 2. The minimum Gasteiger partial charge on any atom is -0.356 e. The Morgan fingerprint density at radius 2 is 1.95 bits per heavy atom. The number of rotatable bonds is 8. The van der Waals surface area contributed by atoms with Gasteiger partial charge in [0.25, 0.3) is 0 Å². The number of hydrogen-bond donors (Lipinski definition) is 2. The second-order valence-corrected chi connectivity index (χ2v) is 6.89. The molecule has 0 radical (unpaired) electrons. The van der Waals surface area contributed by atoms with Crippen LogP contribution >= 0.6 is 24.0 Å². The van der Waals surface area contributed by atoms with Crippen LogP contribution < -0.4 is 10.6 Å². The van der Waals surface area contributed by atoms with Crippen LogP contribution in [0.2, 0.25) is 0 Å². The Labute approximate surface area is 140 Å². The number of guanidine groups is 1. The lowest BCUT2D eigenvalue weighted by molar-refractivity contribution is 0.461. The molecule has 0 aliphatic rings. The van der Waals surface area contributed by atoms with Crippen molar-refractivity contribution in [1.29, 1.82) is 0 Å². The maximum Gasteiger partial charge on any atom is 0.213 e. The molecule has 0 heterocycles. The highest BCUT2D eigenvalue weighted by atomic mass is 127. The predicted molar refractivity (Wildman–Crippen MR) is 96.4 cm³/mol. The number of aliphatic imine (C=N–C) groups is 1. The highest BCUT2D eigenvalue weighted by molar-refractivity contribution is 14.0. The van der Waals surface area contributed by atoms with Gasteiger partial charge in [0.1, 0.15) is 0 Å². The fourth-order valence-electron chi connectivity index (χ4n) is 1.40. The summed E-state index contributed by atoms with van der Waals surface area (Å²) in [6, 6.07) is 0.370. The Hall–Kier alpha value is -0.0900. The average molecular weight is 420 g/mol. The van der Waals surface area contributed by atoms with Gasteiger partial charge in [-0.1, -0.05) is 6.92 Å². The van der Waals surface area contributed by atoms with E-state index < -0.39 is 10.0 Å². The molecule has 1 atom stereocenters. The van der Waals surface area contributed by atoms with Crippen LogP contribution in [0.25, 0.3) is 0 Å². The standard InChI is InChI=1S/C12H28N4O2S.HI/c1-6-11(3)15-12(13-4)14-9-8-10-16(5)19(17,18)7-2;/h11H,6-10H2,1-5H3,(H2,13,14,15);1H. The third-order valence-electron chi connectivity index (χ3n) is 3.00. The largest absolute Gasteiger partial charge is 0.356 e. The Balaban J connectivity index is 0. The molecule has 0 saturated heterocycles. The van der Waals surface area contributed by atoms with Crippen LogP contribution in [-0.2, 0) is 10.0 Å². The molecule has 0 saturated carbocycles. The van der Waals surface area contributed by atoms with Gasteiger partial charge >= 0.3 is 0 Å². The third kappa shape index (κ3) is 8.96. The van der Waals surface area contributed by atoms with Crippen molar-refractivity contribution in [2.45, 2.75) is 39.7 Å². The van der Waals surface area contributed by atoms with Crippen molar-refractivity contribution in [3.63, 3.8) is 0 Å². The Morgan fingerprint density at radius 1 is 1.35 bits per heavy atom. The maximum absolute atomic E-state index is 11.5. The van der Waals surface area contributed by atoms with Gasteiger partial charge in [0.05, 0.1) is 5.75 Å². The van der Waals surface area contributed by atoms with E-state index in [-0.39, 0.29) is 29.7 Å². The molecule has 0 aromatic carbocycles. The fourth-order valence-corrected chi connectivity index (χ4v) is 2.25. The highest BCUT2D eigenvalue weighted by Crippen LogP contribution is 1.98. The van der Waals surface area contributed by atoms with Crippen molar-refractivity contribution in [3.05, 3.63) is 0 Å². The van der Waals surface area contributed by atoms with Crippen molar-refractivity contribution >= 4 is 40.0 Å². The Kier molecular flexibility index (Phi) is 12.8. The molecule has 0 bridgehead atoms. The van der Waals surface area contributed by atoms with E-state index >= 15 is 0 Å². The third-order valence-corrected chi connectivity index (χ3v) is 4.86. The zero-order valence-corrected chi connectivity index (χ0v) is 16.3. The quantitative estimate of drug-likeness (QED) is 0.268. The second-order valence-electron chi connectivity index (χ2n) is 4.53. The summed E-state index contributed by atoms with van der Waals surface area (Å²) in [5.41, 5.74) is 0. The topological polar surface area (TPSA) is 73.8 Å². The zero-order chi connectivity index (χ0) is 14.9. The first-order valence-electron chi connectivity index (χ1n) is 6.78. The van der Waals surface area contributed by atoms with Gasteiger partial charge in [-0.25, -0.2) is 12.7 Å². The summed E-state index contributed by atoms with van der Waals surface area (Å²) in [5.74, 6) is 0.907.